The number of ether oxygens (including phenoxy) is 1. The van der Waals surface area contributed by atoms with Gasteiger partial charge in [0.25, 0.3) is 5.91 Å². The predicted octanol–water partition coefficient (Wildman–Crippen LogP) is 4.50. The largest absolute Gasteiger partial charge is 0.484 e. The molecule has 1 amide bonds. The smallest absolute Gasteiger partial charge is 0.257 e. The molecule has 0 heterocycles. The van der Waals surface area contributed by atoms with E-state index in [-0.39, 0.29) is 12.5 Å². The minimum absolute atomic E-state index is 0.0539. The number of rotatable bonds is 10. The SMILES string of the molecule is CCCCCCCCNC(=O)COc1ccc(Cl)cc1C. The molecular formula is C17H26ClNO2. The van der Waals surface area contributed by atoms with Crippen molar-refractivity contribution in [2.24, 2.45) is 0 Å². The van der Waals surface area contributed by atoms with Crippen LogP contribution in [0.1, 0.15) is 51.0 Å². The van der Waals surface area contributed by atoms with Crippen LogP contribution in [0.25, 0.3) is 0 Å². The molecule has 0 saturated heterocycles. The Labute approximate surface area is 133 Å². The first-order valence-electron chi connectivity index (χ1n) is 7.79. The summed E-state index contributed by atoms with van der Waals surface area (Å²) in [7, 11) is 0. The molecule has 1 rings (SSSR count). The topological polar surface area (TPSA) is 38.3 Å². The van der Waals surface area contributed by atoms with Crippen molar-refractivity contribution in [3.63, 3.8) is 0 Å². The summed E-state index contributed by atoms with van der Waals surface area (Å²) < 4.78 is 5.49. The van der Waals surface area contributed by atoms with Gasteiger partial charge in [0.15, 0.2) is 6.61 Å². The van der Waals surface area contributed by atoms with Crippen molar-refractivity contribution in [3.05, 3.63) is 28.8 Å². The fourth-order valence-electron chi connectivity index (χ4n) is 2.10. The molecule has 0 unspecified atom stereocenters. The van der Waals surface area contributed by atoms with Gasteiger partial charge in [-0.2, -0.15) is 0 Å². The van der Waals surface area contributed by atoms with Gasteiger partial charge in [-0.25, -0.2) is 0 Å². The zero-order chi connectivity index (χ0) is 15.5. The fraction of sp³-hybridized carbons (Fsp3) is 0.588. The highest BCUT2D eigenvalue weighted by atomic mass is 35.5. The number of hydrogen-bond donors (Lipinski definition) is 1. The minimum atomic E-state index is -0.0714. The Balaban J connectivity index is 2.11. The number of unbranched alkanes of at least 4 members (excludes halogenated alkanes) is 5. The van der Waals surface area contributed by atoms with Gasteiger partial charge in [0.2, 0.25) is 0 Å². The highest BCUT2D eigenvalue weighted by molar-refractivity contribution is 6.30. The number of aryl methyl sites for hydroxylation is 1. The van der Waals surface area contributed by atoms with Gasteiger partial charge < -0.3 is 10.1 Å². The molecule has 0 aliphatic heterocycles. The summed E-state index contributed by atoms with van der Waals surface area (Å²) >= 11 is 5.87. The second-order valence-electron chi connectivity index (χ2n) is 5.32. The van der Waals surface area contributed by atoms with Crippen molar-refractivity contribution in [3.8, 4) is 5.75 Å². The second-order valence-corrected chi connectivity index (χ2v) is 5.75. The van der Waals surface area contributed by atoms with E-state index < -0.39 is 0 Å². The maximum atomic E-state index is 11.7. The van der Waals surface area contributed by atoms with E-state index in [1.165, 1.54) is 32.1 Å². The molecule has 0 saturated carbocycles. The third-order valence-corrected chi connectivity index (χ3v) is 3.58. The fourth-order valence-corrected chi connectivity index (χ4v) is 2.33. The van der Waals surface area contributed by atoms with Crippen molar-refractivity contribution in [1.29, 1.82) is 0 Å². The van der Waals surface area contributed by atoms with Gasteiger partial charge in [-0.15, -0.1) is 0 Å². The van der Waals surface area contributed by atoms with Crippen LogP contribution < -0.4 is 10.1 Å². The Morgan fingerprint density at radius 2 is 1.90 bits per heavy atom. The molecular weight excluding hydrogens is 286 g/mol. The third kappa shape index (κ3) is 7.96. The van der Waals surface area contributed by atoms with E-state index in [0.29, 0.717) is 10.8 Å². The van der Waals surface area contributed by atoms with Gasteiger partial charge in [0, 0.05) is 11.6 Å². The molecule has 0 aliphatic carbocycles. The molecule has 0 radical (unpaired) electrons. The monoisotopic (exact) mass is 311 g/mol. The normalized spacial score (nSPS) is 10.4. The molecule has 0 aromatic heterocycles. The number of carbonyl (C=O) groups excluding carboxylic acids is 1. The highest BCUT2D eigenvalue weighted by Crippen LogP contribution is 2.21. The average molecular weight is 312 g/mol. The van der Waals surface area contributed by atoms with Gasteiger partial charge in [-0.1, -0.05) is 50.6 Å². The average Bonchev–Trinajstić information content (AvgIpc) is 2.45. The van der Waals surface area contributed by atoms with E-state index in [9.17, 15) is 4.79 Å². The molecule has 0 fully saturated rings. The number of carbonyl (C=O) groups is 1. The first-order valence-corrected chi connectivity index (χ1v) is 8.17. The molecule has 0 bridgehead atoms. The van der Waals surface area contributed by atoms with E-state index in [0.717, 1.165) is 18.5 Å². The molecule has 21 heavy (non-hydrogen) atoms. The number of hydrogen-bond acceptors (Lipinski definition) is 2. The number of amides is 1. The Morgan fingerprint density at radius 3 is 2.62 bits per heavy atom. The third-order valence-electron chi connectivity index (χ3n) is 3.35. The Bertz CT molecular complexity index is 435. The van der Waals surface area contributed by atoms with Gasteiger partial charge in [-0.3, -0.25) is 4.79 Å². The van der Waals surface area contributed by atoms with E-state index in [2.05, 4.69) is 12.2 Å². The van der Waals surface area contributed by atoms with Crippen LogP contribution in [-0.4, -0.2) is 19.1 Å². The van der Waals surface area contributed by atoms with E-state index >= 15 is 0 Å². The van der Waals surface area contributed by atoms with Crippen molar-refractivity contribution >= 4 is 17.5 Å². The molecule has 1 aromatic carbocycles. The first kappa shape index (κ1) is 17.8. The van der Waals surface area contributed by atoms with Gasteiger partial charge in [-0.05, 0) is 37.1 Å². The summed E-state index contributed by atoms with van der Waals surface area (Å²) in [6.07, 6.45) is 7.33. The van der Waals surface area contributed by atoms with Crippen molar-refractivity contribution in [2.75, 3.05) is 13.2 Å². The second kappa shape index (κ2) is 10.5. The van der Waals surface area contributed by atoms with Crippen molar-refractivity contribution < 1.29 is 9.53 Å². The van der Waals surface area contributed by atoms with Crippen LogP contribution >= 0.6 is 11.6 Å². The lowest BCUT2D eigenvalue weighted by atomic mass is 10.1. The van der Waals surface area contributed by atoms with Crippen molar-refractivity contribution in [2.45, 2.75) is 52.4 Å². The predicted molar refractivity (Wildman–Crippen MR) is 88.1 cm³/mol. The summed E-state index contributed by atoms with van der Waals surface area (Å²) in [6, 6.07) is 5.38. The van der Waals surface area contributed by atoms with E-state index in [1.54, 1.807) is 12.1 Å². The molecule has 3 nitrogen and oxygen atoms in total. The summed E-state index contributed by atoms with van der Waals surface area (Å²) in [6.45, 7) is 4.91. The van der Waals surface area contributed by atoms with Gasteiger partial charge in [0.1, 0.15) is 5.75 Å². The van der Waals surface area contributed by atoms with E-state index in [4.69, 9.17) is 16.3 Å². The van der Waals surface area contributed by atoms with Crippen LogP contribution in [-0.2, 0) is 4.79 Å². The zero-order valence-corrected chi connectivity index (χ0v) is 13.8. The molecule has 0 aliphatic rings. The lowest BCUT2D eigenvalue weighted by molar-refractivity contribution is -0.123. The number of benzene rings is 1. The molecule has 1 N–H and O–H groups in total. The van der Waals surface area contributed by atoms with Gasteiger partial charge in [0.05, 0.1) is 0 Å². The number of nitrogens with one attached hydrogen (secondary N) is 1. The highest BCUT2D eigenvalue weighted by Gasteiger charge is 2.04. The molecule has 1 aromatic rings. The maximum Gasteiger partial charge on any atom is 0.257 e. The summed E-state index contributed by atoms with van der Waals surface area (Å²) in [5, 5.41) is 3.56. The zero-order valence-electron chi connectivity index (χ0n) is 13.1. The Morgan fingerprint density at radius 1 is 1.19 bits per heavy atom. The van der Waals surface area contributed by atoms with Crippen LogP contribution in [0.15, 0.2) is 18.2 Å². The lowest BCUT2D eigenvalue weighted by Crippen LogP contribution is -2.29. The van der Waals surface area contributed by atoms with Crippen molar-refractivity contribution in [1.82, 2.24) is 5.32 Å². The summed E-state index contributed by atoms with van der Waals surface area (Å²) in [5.74, 6) is 0.632. The van der Waals surface area contributed by atoms with Crippen LogP contribution in [0.2, 0.25) is 5.02 Å². The molecule has 0 atom stereocenters. The number of halogens is 1. The minimum Gasteiger partial charge on any atom is -0.484 e. The lowest BCUT2D eigenvalue weighted by Gasteiger charge is -2.09. The standard InChI is InChI=1S/C17H26ClNO2/c1-3-4-5-6-7-8-11-19-17(20)13-21-16-10-9-15(18)12-14(16)2/h9-10,12H,3-8,11,13H2,1-2H3,(H,19,20). The Hall–Kier alpha value is -1.22. The van der Waals surface area contributed by atoms with Gasteiger partial charge >= 0.3 is 0 Å². The van der Waals surface area contributed by atoms with Crippen LogP contribution in [0.3, 0.4) is 0 Å². The van der Waals surface area contributed by atoms with Crippen LogP contribution in [0, 0.1) is 6.92 Å². The van der Waals surface area contributed by atoms with E-state index in [1.807, 2.05) is 13.0 Å². The van der Waals surface area contributed by atoms with Crippen LogP contribution in [0.4, 0.5) is 0 Å². The molecule has 118 valence electrons. The molecule has 0 spiro atoms. The summed E-state index contributed by atoms with van der Waals surface area (Å²) in [4.78, 5) is 11.7. The maximum absolute atomic E-state index is 11.7. The Kier molecular flexibility index (Phi) is 8.91. The first-order chi connectivity index (χ1) is 10.1. The summed E-state index contributed by atoms with van der Waals surface area (Å²) in [5.41, 5.74) is 0.936. The van der Waals surface area contributed by atoms with Crippen LogP contribution in [0.5, 0.6) is 5.75 Å². The molecule has 4 heteroatoms. The quantitative estimate of drug-likeness (QED) is 0.646.